The standard InChI is InChI=1S/C14H20N2O3S/c1-2-3-8-14(17)15-12-6-4-7-13(11-12)16-9-5-10-20(16,18)19/h4,6-7,11H,2-3,5,8-10H2,1H3,(H,15,17). The summed E-state index contributed by atoms with van der Waals surface area (Å²) in [5.74, 6) is 0.161. The van der Waals surface area contributed by atoms with Gasteiger partial charge in [0, 0.05) is 18.7 Å². The third kappa shape index (κ3) is 3.50. The molecule has 0 aliphatic carbocycles. The highest BCUT2D eigenvalue weighted by molar-refractivity contribution is 7.93. The summed E-state index contributed by atoms with van der Waals surface area (Å²) in [7, 11) is -3.18. The molecule has 1 aromatic carbocycles. The van der Waals surface area contributed by atoms with Crippen molar-refractivity contribution in [2.45, 2.75) is 32.6 Å². The summed E-state index contributed by atoms with van der Waals surface area (Å²) >= 11 is 0. The second-order valence-electron chi connectivity index (χ2n) is 4.94. The smallest absolute Gasteiger partial charge is 0.235 e. The number of hydrogen-bond donors (Lipinski definition) is 1. The van der Waals surface area contributed by atoms with Crippen LogP contribution in [0, 0.1) is 0 Å². The van der Waals surface area contributed by atoms with Crippen LogP contribution in [0.25, 0.3) is 0 Å². The second kappa shape index (κ2) is 6.26. The first-order chi connectivity index (χ1) is 9.53. The Morgan fingerprint density at radius 3 is 2.85 bits per heavy atom. The Morgan fingerprint density at radius 2 is 2.20 bits per heavy atom. The molecule has 2 rings (SSSR count). The van der Waals surface area contributed by atoms with Gasteiger partial charge in [-0.05, 0) is 31.0 Å². The van der Waals surface area contributed by atoms with Gasteiger partial charge in [0.1, 0.15) is 0 Å². The number of hydrogen-bond acceptors (Lipinski definition) is 3. The molecule has 5 nitrogen and oxygen atoms in total. The molecule has 1 amide bonds. The van der Waals surface area contributed by atoms with Crippen molar-refractivity contribution in [3.8, 4) is 0 Å². The molecule has 1 aliphatic heterocycles. The van der Waals surface area contributed by atoms with Crippen molar-refractivity contribution in [2.24, 2.45) is 0 Å². The van der Waals surface area contributed by atoms with Gasteiger partial charge in [-0.3, -0.25) is 9.10 Å². The lowest BCUT2D eigenvalue weighted by molar-refractivity contribution is -0.116. The average Bonchev–Trinajstić information content (AvgIpc) is 2.76. The molecule has 1 fully saturated rings. The van der Waals surface area contributed by atoms with Crippen LogP contribution >= 0.6 is 0 Å². The van der Waals surface area contributed by atoms with Crippen LogP contribution in [0.3, 0.4) is 0 Å². The van der Waals surface area contributed by atoms with Crippen molar-refractivity contribution >= 4 is 27.3 Å². The summed E-state index contributed by atoms with van der Waals surface area (Å²) < 4.78 is 25.2. The maximum atomic E-state index is 11.9. The van der Waals surface area contributed by atoms with Crippen LogP contribution < -0.4 is 9.62 Å². The first-order valence-electron chi connectivity index (χ1n) is 6.93. The molecule has 0 bridgehead atoms. The van der Waals surface area contributed by atoms with Gasteiger partial charge in [-0.15, -0.1) is 0 Å². The number of rotatable bonds is 5. The summed E-state index contributed by atoms with van der Waals surface area (Å²) in [4.78, 5) is 11.7. The summed E-state index contributed by atoms with van der Waals surface area (Å²) in [6.45, 7) is 2.54. The van der Waals surface area contributed by atoms with Crippen LogP contribution in [-0.4, -0.2) is 26.6 Å². The van der Waals surface area contributed by atoms with E-state index in [0.29, 0.717) is 30.8 Å². The van der Waals surface area contributed by atoms with Crippen LogP contribution in [0.15, 0.2) is 24.3 Å². The van der Waals surface area contributed by atoms with E-state index in [4.69, 9.17) is 0 Å². The van der Waals surface area contributed by atoms with Gasteiger partial charge < -0.3 is 5.32 Å². The molecular formula is C14H20N2O3S. The van der Waals surface area contributed by atoms with Crippen molar-refractivity contribution < 1.29 is 13.2 Å². The van der Waals surface area contributed by atoms with Gasteiger partial charge in [0.05, 0.1) is 11.4 Å². The number of unbranched alkanes of at least 4 members (excludes halogenated alkanes) is 1. The van der Waals surface area contributed by atoms with Crippen molar-refractivity contribution in [3.63, 3.8) is 0 Å². The second-order valence-corrected chi connectivity index (χ2v) is 6.96. The number of anilines is 2. The number of amides is 1. The van der Waals surface area contributed by atoms with Crippen molar-refractivity contribution in [1.82, 2.24) is 0 Å². The summed E-state index contributed by atoms with van der Waals surface area (Å²) in [5.41, 5.74) is 1.27. The molecule has 0 aromatic heterocycles. The molecule has 1 aromatic rings. The Bertz CT molecular complexity index is 584. The van der Waals surface area contributed by atoms with Crippen molar-refractivity contribution in [3.05, 3.63) is 24.3 Å². The molecule has 0 spiro atoms. The molecule has 0 radical (unpaired) electrons. The number of benzene rings is 1. The van der Waals surface area contributed by atoms with E-state index in [2.05, 4.69) is 5.32 Å². The molecule has 1 N–H and O–H groups in total. The van der Waals surface area contributed by atoms with E-state index >= 15 is 0 Å². The minimum atomic E-state index is -3.18. The maximum absolute atomic E-state index is 11.9. The van der Waals surface area contributed by atoms with Crippen molar-refractivity contribution in [1.29, 1.82) is 0 Å². The number of nitrogens with one attached hydrogen (secondary N) is 1. The Morgan fingerprint density at radius 1 is 1.40 bits per heavy atom. The molecule has 110 valence electrons. The highest BCUT2D eigenvalue weighted by atomic mass is 32.2. The van der Waals surface area contributed by atoms with Gasteiger partial charge in [0.25, 0.3) is 0 Å². The Labute approximate surface area is 120 Å². The number of nitrogens with zero attached hydrogens (tertiary/aromatic N) is 1. The molecule has 1 aliphatic rings. The van der Waals surface area contributed by atoms with E-state index in [1.165, 1.54) is 4.31 Å². The van der Waals surface area contributed by atoms with E-state index < -0.39 is 10.0 Å². The fraction of sp³-hybridized carbons (Fsp3) is 0.500. The van der Waals surface area contributed by atoms with E-state index in [-0.39, 0.29) is 11.7 Å². The van der Waals surface area contributed by atoms with Gasteiger partial charge in [0.15, 0.2) is 0 Å². The van der Waals surface area contributed by atoms with Gasteiger partial charge in [-0.1, -0.05) is 19.4 Å². The predicted molar refractivity (Wildman–Crippen MR) is 80.3 cm³/mol. The van der Waals surface area contributed by atoms with E-state index in [9.17, 15) is 13.2 Å². The Hall–Kier alpha value is -1.56. The van der Waals surface area contributed by atoms with E-state index in [1.54, 1.807) is 24.3 Å². The summed E-state index contributed by atoms with van der Waals surface area (Å²) in [6, 6.07) is 7.01. The lowest BCUT2D eigenvalue weighted by atomic mass is 10.2. The quantitative estimate of drug-likeness (QED) is 0.907. The first kappa shape index (κ1) is 14.8. The predicted octanol–water partition coefficient (Wildman–Crippen LogP) is 2.36. The van der Waals surface area contributed by atoms with Gasteiger partial charge >= 0.3 is 0 Å². The molecular weight excluding hydrogens is 276 g/mol. The maximum Gasteiger partial charge on any atom is 0.235 e. The first-order valence-corrected chi connectivity index (χ1v) is 8.54. The van der Waals surface area contributed by atoms with E-state index in [1.807, 2.05) is 6.92 Å². The highest BCUT2D eigenvalue weighted by Gasteiger charge is 2.28. The zero-order chi connectivity index (χ0) is 14.6. The average molecular weight is 296 g/mol. The molecule has 0 unspecified atom stereocenters. The normalized spacial score (nSPS) is 17.1. The number of carbonyl (C=O) groups excluding carboxylic acids is 1. The SMILES string of the molecule is CCCCC(=O)Nc1cccc(N2CCCS2(=O)=O)c1. The van der Waals surface area contributed by atoms with E-state index in [0.717, 1.165) is 12.8 Å². The monoisotopic (exact) mass is 296 g/mol. The summed E-state index contributed by atoms with van der Waals surface area (Å²) in [6.07, 6.45) is 2.96. The zero-order valence-electron chi connectivity index (χ0n) is 11.6. The van der Waals surface area contributed by atoms with Gasteiger partial charge in [0.2, 0.25) is 15.9 Å². The number of sulfonamides is 1. The lowest BCUT2D eigenvalue weighted by Crippen LogP contribution is -2.25. The largest absolute Gasteiger partial charge is 0.326 e. The molecule has 0 atom stereocenters. The molecule has 1 saturated heterocycles. The molecule has 0 saturated carbocycles. The third-order valence-corrected chi connectivity index (χ3v) is 5.14. The topological polar surface area (TPSA) is 66.5 Å². The van der Waals surface area contributed by atoms with Gasteiger partial charge in [-0.2, -0.15) is 0 Å². The molecule has 20 heavy (non-hydrogen) atoms. The van der Waals surface area contributed by atoms with Crippen molar-refractivity contribution in [2.75, 3.05) is 21.9 Å². The minimum absolute atomic E-state index is 0.0340. The Balaban J connectivity index is 2.10. The van der Waals surface area contributed by atoms with Crippen LogP contribution in [-0.2, 0) is 14.8 Å². The summed E-state index contributed by atoms with van der Waals surface area (Å²) in [5, 5.41) is 2.81. The van der Waals surface area contributed by atoms with Gasteiger partial charge in [-0.25, -0.2) is 8.42 Å². The zero-order valence-corrected chi connectivity index (χ0v) is 12.4. The third-order valence-electron chi connectivity index (χ3n) is 3.27. The lowest BCUT2D eigenvalue weighted by Gasteiger charge is -2.17. The molecule has 1 heterocycles. The van der Waals surface area contributed by atoms with Crippen LogP contribution in [0.4, 0.5) is 11.4 Å². The van der Waals surface area contributed by atoms with Crippen LogP contribution in [0.1, 0.15) is 32.6 Å². The van der Waals surface area contributed by atoms with Crippen LogP contribution in [0.2, 0.25) is 0 Å². The fourth-order valence-electron chi connectivity index (χ4n) is 2.23. The Kier molecular flexibility index (Phi) is 4.65. The number of carbonyl (C=O) groups is 1. The highest BCUT2D eigenvalue weighted by Crippen LogP contribution is 2.26. The molecule has 6 heteroatoms. The fourth-order valence-corrected chi connectivity index (χ4v) is 3.79. The minimum Gasteiger partial charge on any atom is -0.326 e. The van der Waals surface area contributed by atoms with Crippen LogP contribution in [0.5, 0.6) is 0 Å².